The number of fused-ring (bicyclic) bond motifs is 1. The summed E-state index contributed by atoms with van der Waals surface area (Å²) < 4.78 is 39.8. The van der Waals surface area contributed by atoms with E-state index in [0.717, 1.165) is 38.0 Å². The van der Waals surface area contributed by atoms with Gasteiger partial charge in [0.25, 0.3) is 0 Å². The van der Waals surface area contributed by atoms with Gasteiger partial charge in [-0.05, 0) is 55.1 Å². The highest BCUT2D eigenvalue weighted by molar-refractivity contribution is 5.82. The van der Waals surface area contributed by atoms with Gasteiger partial charge >= 0.3 is 6.18 Å². The zero-order chi connectivity index (χ0) is 18.1. The van der Waals surface area contributed by atoms with E-state index in [9.17, 15) is 13.2 Å². The Labute approximate surface area is 150 Å². The second-order valence-corrected chi connectivity index (χ2v) is 6.99. The average Bonchev–Trinajstić information content (AvgIpc) is 3.05. The van der Waals surface area contributed by atoms with E-state index in [1.807, 2.05) is 18.3 Å². The molecule has 2 nitrogen and oxygen atoms in total. The third-order valence-electron chi connectivity index (χ3n) is 5.36. The van der Waals surface area contributed by atoms with Crippen LogP contribution in [0.3, 0.4) is 0 Å². The van der Waals surface area contributed by atoms with Gasteiger partial charge in [-0.2, -0.15) is 13.2 Å². The van der Waals surface area contributed by atoms with E-state index in [1.165, 1.54) is 23.1 Å². The fourth-order valence-corrected chi connectivity index (χ4v) is 4.02. The third kappa shape index (κ3) is 3.36. The fraction of sp³-hybridized carbons (Fsp3) is 0.333. The Hall–Kier alpha value is -2.27. The summed E-state index contributed by atoms with van der Waals surface area (Å²) in [5.74, 6) is -0.0213. The van der Waals surface area contributed by atoms with Crippen LogP contribution in [0.1, 0.15) is 35.4 Å². The van der Waals surface area contributed by atoms with Crippen LogP contribution in [-0.4, -0.2) is 23.0 Å². The zero-order valence-electron chi connectivity index (χ0n) is 14.4. The number of H-pyrrole nitrogens is 1. The predicted octanol–water partition coefficient (Wildman–Crippen LogP) is 5.57. The summed E-state index contributed by atoms with van der Waals surface area (Å²) in [6.45, 7) is 2.46. The molecule has 0 unspecified atom stereocenters. The number of alkyl halides is 3. The van der Waals surface area contributed by atoms with Crippen molar-refractivity contribution >= 4 is 10.9 Å². The van der Waals surface area contributed by atoms with Gasteiger partial charge in [0.15, 0.2) is 0 Å². The van der Waals surface area contributed by atoms with Crippen molar-refractivity contribution in [1.29, 1.82) is 0 Å². The van der Waals surface area contributed by atoms with Crippen molar-refractivity contribution in [2.45, 2.75) is 31.5 Å². The molecule has 26 heavy (non-hydrogen) atoms. The molecular formula is C21H21F3N2. The van der Waals surface area contributed by atoms with E-state index in [-0.39, 0.29) is 5.92 Å². The van der Waals surface area contributed by atoms with Gasteiger partial charge in [-0.3, -0.25) is 4.90 Å². The Morgan fingerprint density at radius 3 is 2.42 bits per heavy atom. The highest BCUT2D eigenvalue weighted by Crippen LogP contribution is 2.38. The lowest BCUT2D eigenvalue weighted by molar-refractivity contribution is -0.138. The molecule has 136 valence electrons. The van der Waals surface area contributed by atoms with Gasteiger partial charge in [0.1, 0.15) is 0 Å². The minimum Gasteiger partial charge on any atom is -0.361 e. The molecule has 1 N–H and O–H groups in total. The van der Waals surface area contributed by atoms with E-state index in [4.69, 9.17) is 0 Å². The van der Waals surface area contributed by atoms with Crippen LogP contribution >= 0.6 is 0 Å². The van der Waals surface area contributed by atoms with Gasteiger partial charge in [0, 0.05) is 23.6 Å². The Morgan fingerprint density at radius 1 is 0.962 bits per heavy atom. The van der Waals surface area contributed by atoms with Crippen LogP contribution in [0.15, 0.2) is 54.7 Å². The summed E-state index contributed by atoms with van der Waals surface area (Å²) >= 11 is 0. The molecule has 4 rings (SSSR count). The van der Waals surface area contributed by atoms with Crippen LogP contribution in [0.4, 0.5) is 13.2 Å². The smallest absolute Gasteiger partial charge is 0.361 e. The molecular weight excluding hydrogens is 337 g/mol. The number of halogens is 3. The number of para-hydroxylation sites is 1. The van der Waals surface area contributed by atoms with Crippen molar-refractivity contribution in [2.75, 3.05) is 13.1 Å². The number of benzene rings is 2. The Morgan fingerprint density at radius 2 is 1.65 bits per heavy atom. The van der Waals surface area contributed by atoms with Crippen LogP contribution in [0.5, 0.6) is 0 Å². The molecule has 0 bridgehead atoms. The molecule has 0 amide bonds. The van der Waals surface area contributed by atoms with E-state index in [0.29, 0.717) is 5.56 Å². The topological polar surface area (TPSA) is 19.0 Å². The monoisotopic (exact) mass is 358 g/mol. The first kappa shape index (κ1) is 17.2. The molecule has 1 aliphatic heterocycles. The largest absolute Gasteiger partial charge is 0.416 e. The molecule has 5 heteroatoms. The van der Waals surface area contributed by atoms with Crippen LogP contribution in [0.2, 0.25) is 0 Å². The lowest BCUT2D eigenvalue weighted by Gasteiger charge is -2.33. The normalized spacial score (nSPS) is 17.0. The predicted molar refractivity (Wildman–Crippen MR) is 97.0 cm³/mol. The van der Waals surface area contributed by atoms with Gasteiger partial charge in [-0.25, -0.2) is 0 Å². The fourth-order valence-electron chi connectivity index (χ4n) is 4.02. The van der Waals surface area contributed by atoms with Crippen LogP contribution in [0.25, 0.3) is 10.9 Å². The van der Waals surface area contributed by atoms with E-state index in [2.05, 4.69) is 22.0 Å². The zero-order valence-corrected chi connectivity index (χ0v) is 14.4. The van der Waals surface area contributed by atoms with Crippen molar-refractivity contribution in [3.05, 3.63) is 71.4 Å². The second kappa shape index (κ2) is 6.80. The molecule has 0 spiro atoms. The molecule has 3 aromatic rings. The van der Waals surface area contributed by atoms with E-state index in [1.54, 1.807) is 12.1 Å². The Bertz CT molecular complexity index is 889. The SMILES string of the molecule is FC(F)(F)c1ccccc1C1CCN(Cc2c[nH]c3ccccc23)CC1. The molecule has 0 saturated carbocycles. The minimum absolute atomic E-state index is 0.0213. The van der Waals surface area contributed by atoms with Gasteiger partial charge in [0.2, 0.25) is 0 Å². The molecule has 1 fully saturated rings. The minimum atomic E-state index is -4.28. The maximum absolute atomic E-state index is 13.3. The molecule has 0 atom stereocenters. The standard InChI is InChI=1S/C21H21F3N2/c22-21(23,24)19-7-3-1-5-17(19)15-9-11-26(12-10-15)14-16-13-25-20-8-4-2-6-18(16)20/h1-8,13,15,25H,9-12,14H2. The summed E-state index contributed by atoms with van der Waals surface area (Å²) in [6.07, 6.45) is -0.724. The molecule has 0 aliphatic carbocycles. The summed E-state index contributed by atoms with van der Waals surface area (Å²) in [7, 11) is 0. The number of aromatic nitrogens is 1. The lowest BCUT2D eigenvalue weighted by atomic mass is 9.86. The Balaban J connectivity index is 1.45. The number of nitrogens with zero attached hydrogens (tertiary/aromatic N) is 1. The van der Waals surface area contributed by atoms with Crippen molar-refractivity contribution in [3.63, 3.8) is 0 Å². The lowest BCUT2D eigenvalue weighted by Crippen LogP contribution is -2.33. The van der Waals surface area contributed by atoms with Crippen LogP contribution in [-0.2, 0) is 12.7 Å². The summed E-state index contributed by atoms with van der Waals surface area (Å²) in [5, 5.41) is 1.22. The summed E-state index contributed by atoms with van der Waals surface area (Å²) in [5.41, 5.74) is 2.34. The van der Waals surface area contributed by atoms with Crippen LogP contribution in [0, 0.1) is 0 Å². The molecule has 1 aromatic heterocycles. The van der Waals surface area contributed by atoms with E-state index >= 15 is 0 Å². The third-order valence-corrected chi connectivity index (χ3v) is 5.36. The number of nitrogens with one attached hydrogen (secondary N) is 1. The molecule has 1 aliphatic rings. The number of hydrogen-bond donors (Lipinski definition) is 1. The maximum atomic E-state index is 13.3. The molecule has 2 heterocycles. The molecule has 2 aromatic carbocycles. The number of likely N-dealkylation sites (tertiary alicyclic amines) is 1. The highest BCUT2D eigenvalue weighted by atomic mass is 19.4. The van der Waals surface area contributed by atoms with Crippen molar-refractivity contribution in [3.8, 4) is 0 Å². The summed E-state index contributed by atoms with van der Waals surface area (Å²) in [4.78, 5) is 5.62. The molecule has 0 radical (unpaired) electrons. The first-order valence-electron chi connectivity index (χ1n) is 8.96. The molecule has 1 saturated heterocycles. The van der Waals surface area contributed by atoms with Gasteiger partial charge in [-0.15, -0.1) is 0 Å². The van der Waals surface area contributed by atoms with Crippen molar-refractivity contribution < 1.29 is 13.2 Å². The average molecular weight is 358 g/mol. The Kier molecular flexibility index (Phi) is 4.49. The van der Waals surface area contributed by atoms with Crippen molar-refractivity contribution in [1.82, 2.24) is 9.88 Å². The number of aromatic amines is 1. The highest BCUT2D eigenvalue weighted by Gasteiger charge is 2.35. The number of piperidine rings is 1. The van der Waals surface area contributed by atoms with Crippen molar-refractivity contribution in [2.24, 2.45) is 0 Å². The quantitative estimate of drug-likeness (QED) is 0.649. The van der Waals surface area contributed by atoms with E-state index < -0.39 is 11.7 Å². The van der Waals surface area contributed by atoms with Gasteiger partial charge in [0.05, 0.1) is 5.56 Å². The number of rotatable bonds is 3. The second-order valence-electron chi connectivity index (χ2n) is 6.99. The number of hydrogen-bond acceptors (Lipinski definition) is 1. The first-order valence-corrected chi connectivity index (χ1v) is 8.96. The first-order chi connectivity index (χ1) is 12.5. The maximum Gasteiger partial charge on any atom is 0.416 e. The van der Waals surface area contributed by atoms with Crippen LogP contribution < -0.4 is 0 Å². The van der Waals surface area contributed by atoms with Gasteiger partial charge in [-0.1, -0.05) is 36.4 Å². The van der Waals surface area contributed by atoms with Gasteiger partial charge < -0.3 is 4.98 Å². The summed E-state index contributed by atoms with van der Waals surface area (Å²) in [6, 6.07) is 14.2.